The molecule has 0 saturated heterocycles. The average Bonchev–Trinajstić information content (AvgIpc) is 1.97. The van der Waals surface area contributed by atoms with Crippen molar-refractivity contribution in [2.75, 3.05) is 0 Å². The number of aldehydes is 1. The summed E-state index contributed by atoms with van der Waals surface area (Å²) >= 11 is 0. The Balaban J connectivity index is 3.68. The lowest BCUT2D eigenvalue weighted by Crippen LogP contribution is -2.13. The topological polar surface area (TPSA) is 54.4 Å². The summed E-state index contributed by atoms with van der Waals surface area (Å²) in [5, 5.41) is 8.62. The first kappa shape index (κ1) is 10.1. The largest absolute Gasteiger partial charge is 0.481 e. The summed E-state index contributed by atoms with van der Waals surface area (Å²) < 4.78 is 0. The van der Waals surface area contributed by atoms with Crippen LogP contribution in [0.15, 0.2) is 0 Å². The molecular weight excluding hydrogens is 144 g/mol. The van der Waals surface area contributed by atoms with Gasteiger partial charge < -0.3 is 9.90 Å². The van der Waals surface area contributed by atoms with Gasteiger partial charge in [-0.3, -0.25) is 4.79 Å². The zero-order chi connectivity index (χ0) is 8.69. The standard InChI is InChI=1S/C8H14O3/c1-2-4-7(8(10)11)5-3-6-9/h6-7H,2-5H2,1H3,(H,10,11). The first-order chi connectivity index (χ1) is 5.22. The molecule has 0 bridgehead atoms. The van der Waals surface area contributed by atoms with Gasteiger partial charge >= 0.3 is 5.97 Å². The molecule has 1 unspecified atom stereocenters. The molecule has 1 atom stereocenters. The van der Waals surface area contributed by atoms with Crippen molar-refractivity contribution in [2.45, 2.75) is 32.6 Å². The number of rotatable bonds is 6. The van der Waals surface area contributed by atoms with E-state index in [1.807, 2.05) is 6.92 Å². The van der Waals surface area contributed by atoms with Gasteiger partial charge in [0.25, 0.3) is 0 Å². The van der Waals surface area contributed by atoms with E-state index in [0.29, 0.717) is 19.3 Å². The molecule has 0 fully saturated rings. The van der Waals surface area contributed by atoms with Gasteiger partial charge in [0.05, 0.1) is 5.92 Å². The van der Waals surface area contributed by atoms with Crippen LogP contribution in [0.25, 0.3) is 0 Å². The second-order valence-corrected chi connectivity index (χ2v) is 2.57. The number of carboxylic acids is 1. The Morgan fingerprint density at radius 3 is 2.55 bits per heavy atom. The van der Waals surface area contributed by atoms with Gasteiger partial charge in [-0.05, 0) is 12.8 Å². The zero-order valence-corrected chi connectivity index (χ0v) is 6.75. The Hall–Kier alpha value is -0.860. The monoisotopic (exact) mass is 158 g/mol. The van der Waals surface area contributed by atoms with E-state index >= 15 is 0 Å². The van der Waals surface area contributed by atoms with Gasteiger partial charge in [-0.1, -0.05) is 13.3 Å². The molecule has 0 aromatic rings. The minimum atomic E-state index is -0.784. The Kier molecular flexibility index (Phi) is 5.43. The Morgan fingerprint density at radius 2 is 2.18 bits per heavy atom. The predicted octanol–water partition coefficient (Wildman–Crippen LogP) is 1.47. The summed E-state index contributed by atoms with van der Waals surface area (Å²) in [6.07, 6.45) is 3.13. The molecule has 11 heavy (non-hydrogen) atoms. The summed E-state index contributed by atoms with van der Waals surface area (Å²) in [7, 11) is 0. The zero-order valence-electron chi connectivity index (χ0n) is 6.75. The van der Waals surface area contributed by atoms with Gasteiger partial charge in [0.15, 0.2) is 0 Å². The van der Waals surface area contributed by atoms with Crippen molar-refractivity contribution in [3.63, 3.8) is 0 Å². The van der Waals surface area contributed by atoms with Gasteiger partial charge in [-0.2, -0.15) is 0 Å². The van der Waals surface area contributed by atoms with Crippen molar-refractivity contribution in [1.82, 2.24) is 0 Å². The van der Waals surface area contributed by atoms with Gasteiger partial charge in [-0.25, -0.2) is 0 Å². The van der Waals surface area contributed by atoms with Crippen LogP contribution in [0.3, 0.4) is 0 Å². The molecule has 0 aliphatic carbocycles. The molecule has 3 heteroatoms. The molecule has 0 aromatic carbocycles. The van der Waals surface area contributed by atoms with Crippen LogP contribution >= 0.6 is 0 Å². The second kappa shape index (κ2) is 5.89. The number of carboxylic acid groups (broad SMARTS) is 1. The highest BCUT2D eigenvalue weighted by Gasteiger charge is 2.14. The third kappa shape index (κ3) is 4.53. The summed E-state index contributed by atoms with van der Waals surface area (Å²) in [5.74, 6) is -1.11. The number of carbonyl (C=O) groups is 2. The Labute approximate surface area is 66.4 Å². The lowest BCUT2D eigenvalue weighted by molar-refractivity contribution is -0.142. The van der Waals surface area contributed by atoms with Crippen LogP contribution in [0, 0.1) is 5.92 Å². The quantitative estimate of drug-likeness (QED) is 0.595. The van der Waals surface area contributed by atoms with E-state index in [9.17, 15) is 9.59 Å². The van der Waals surface area contributed by atoms with E-state index < -0.39 is 5.97 Å². The van der Waals surface area contributed by atoms with E-state index in [2.05, 4.69) is 0 Å². The third-order valence-corrected chi connectivity index (χ3v) is 1.62. The molecule has 1 N–H and O–H groups in total. The van der Waals surface area contributed by atoms with Gasteiger partial charge in [0.2, 0.25) is 0 Å². The maximum Gasteiger partial charge on any atom is 0.306 e. The molecule has 64 valence electrons. The molecule has 0 radical (unpaired) electrons. The molecule has 0 amide bonds. The van der Waals surface area contributed by atoms with Crippen LogP contribution in [0.1, 0.15) is 32.6 Å². The van der Waals surface area contributed by atoms with Crippen molar-refractivity contribution in [2.24, 2.45) is 5.92 Å². The van der Waals surface area contributed by atoms with Crippen molar-refractivity contribution < 1.29 is 14.7 Å². The first-order valence-electron chi connectivity index (χ1n) is 3.88. The lowest BCUT2D eigenvalue weighted by Gasteiger charge is -2.07. The van der Waals surface area contributed by atoms with E-state index in [1.165, 1.54) is 0 Å². The lowest BCUT2D eigenvalue weighted by atomic mass is 9.99. The van der Waals surface area contributed by atoms with Crippen LogP contribution in [0.2, 0.25) is 0 Å². The Morgan fingerprint density at radius 1 is 1.55 bits per heavy atom. The molecular formula is C8H14O3. The normalized spacial score (nSPS) is 12.5. The SMILES string of the molecule is CCCC(CCC=O)C(=O)O. The smallest absolute Gasteiger partial charge is 0.306 e. The molecule has 3 nitrogen and oxygen atoms in total. The fourth-order valence-electron chi connectivity index (χ4n) is 1.01. The first-order valence-corrected chi connectivity index (χ1v) is 3.88. The van der Waals surface area contributed by atoms with Crippen LogP contribution in [0.4, 0.5) is 0 Å². The Bertz CT molecular complexity index is 131. The van der Waals surface area contributed by atoms with Crippen molar-refractivity contribution >= 4 is 12.3 Å². The van der Waals surface area contributed by atoms with E-state index in [4.69, 9.17) is 5.11 Å². The molecule has 0 heterocycles. The highest BCUT2D eigenvalue weighted by Crippen LogP contribution is 2.12. The molecule has 0 aromatic heterocycles. The molecule has 0 rings (SSSR count). The minimum absolute atomic E-state index is 0.329. The fourth-order valence-corrected chi connectivity index (χ4v) is 1.01. The number of hydrogen-bond donors (Lipinski definition) is 1. The predicted molar refractivity (Wildman–Crippen MR) is 41.3 cm³/mol. The van der Waals surface area contributed by atoms with E-state index in [0.717, 1.165) is 12.7 Å². The van der Waals surface area contributed by atoms with E-state index in [-0.39, 0.29) is 5.92 Å². The van der Waals surface area contributed by atoms with Gasteiger partial charge in [-0.15, -0.1) is 0 Å². The maximum atomic E-state index is 10.5. The summed E-state index contributed by atoms with van der Waals surface area (Å²) in [6.45, 7) is 1.94. The van der Waals surface area contributed by atoms with Crippen molar-refractivity contribution in [1.29, 1.82) is 0 Å². The fraction of sp³-hybridized carbons (Fsp3) is 0.750. The maximum absolute atomic E-state index is 10.5. The number of hydrogen-bond acceptors (Lipinski definition) is 2. The average molecular weight is 158 g/mol. The van der Waals surface area contributed by atoms with E-state index in [1.54, 1.807) is 0 Å². The summed E-state index contributed by atoms with van der Waals surface area (Å²) in [4.78, 5) is 20.4. The highest BCUT2D eigenvalue weighted by molar-refractivity contribution is 5.70. The summed E-state index contributed by atoms with van der Waals surface area (Å²) in [6, 6.07) is 0. The number of aliphatic carboxylic acids is 1. The molecule has 0 aliphatic rings. The van der Waals surface area contributed by atoms with Crippen LogP contribution in [-0.4, -0.2) is 17.4 Å². The van der Waals surface area contributed by atoms with Crippen molar-refractivity contribution in [3.8, 4) is 0 Å². The highest BCUT2D eigenvalue weighted by atomic mass is 16.4. The minimum Gasteiger partial charge on any atom is -0.481 e. The van der Waals surface area contributed by atoms with Crippen LogP contribution < -0.4 is 0 Å². The second-order valence-electron chi connectivity index (χ2n) is 2.57. The molecule has 0 spiro atoms. The number of carbonyl (C=O) groups excluding carboxylic acids is 1. The summed E-state index contributed by atoms with van der Waals surface area (Å²) in [5.41, 5.74) is 0. The van der Waals surface area contributed by atoms with Crippen LogP contribution in [-0.2, 0) is 9.59 Å². The molecule has 0 saturated carbocycles. The van der Waals surface area contributed by atoms with Gasteiger partial charge in [0.1, 0.15) is 6.29 Å². The van der Waals surface area contributed by atoms with Crippen molar-refractivity contribution in [3.05, 3.63) is 0 Å². The third-order valence-electron chi connectivity index (χ3n) is 1.62. The van der Waals surface area contributed by atoms with Gasteiger partial charge in [0, 0.05) is 6.42 Å². The van der Waals surface area contributed by atoms with Crippen LogP contribution in [0.5, 0.6) is 0 Å². The molecule has 0 aliphatic heterocycles.